The Kier molecular flexibility index (Phi) is 6.49. The van der Waals surface area contributed by atoms with Gasteiger partial charge in [0.1, 0.15) is 11.6 Å². The fourth-order valence-electron chi connectivity index (χ4n) is 3.68. The van der Waals surface area contributed by atoms with Crippen molar-refractivity contribution in [3.63, 3.8) is 0 Å². The van der Waals surface area contributed by atoms with Crippen molar-refractivity contribution in [2.75, 3.05) is 18.4 Å². The monoisotopic (exact) mass is 419 g/mol. The number of likely N-dealkylation sites (tertiary alicyclic amines) is 1. The molecule has 3 aromatic heterocycles. The van der Waals surface area contributed by atoms with Crippen LogP contribution in [0.15, 0.2) is 54.1 Å². The molecule has 1 fully saturated rings. The summed E-state index contributed by atoms with van der Waals surface area (Å²) >= 11 is 1.59. The molecule has 7 heteroatoms. The molecular weight excluding hydrogens is 394 g/mol. The molecule has 1 amide bonds. The lowest BCUT2D eigenvalue weighted by Gasteiger charge is -2.32. The summed E-state index contributed by atoms with van der Waals surface area (Å²) in [4.78, 5) is 28.0. The maximum Gasteiger partial charge on any atom is 0.246 e. The van der Waals surface area contributed by atoms with Gasteiger partial charge in [0, 0.05) is 36.4 Å². The minimum Gasteiger partial charge on any atom is -0.339 e. The predicted molar refractivity (Wildman–Crippen MR) is 121 cm³/mol. The van der Waals surface area contributed by atoms with E-state index in [0.29, 0.717) is 5.92 Å². The Hall–Kier alpha value is -3.06. The number of thiazole rings is 1. The van der Waals surface area contributed by atoms with Crippen LogP contribution in [0.25, 0.3) is 6.08 Å². The minimum absolute atomic E-state index is 0.0591. The molecule has 3 aromatic rings. The fraction of sp³-hybridized carbons (Fsp3) is 0.304. The molecule has 1 atom stereocenters. The topological polar surface area (TPSA) is 71.0 Å². The summed E-state index contributed by atoms with van der Waals surface area (Å²) in [6.07, 6.45) is 8.20. The van der Waals surface area contributed by atoms with Crippen LogP contribution in [-0.2, 0) is 11.2 Å². The lowest BCUT2D eigenvalue weighted by Crippen LogP contribution is -2.39. The van der Waals surface area contributed by atoms with Gasteiger partial charge in [-0.15, -0.1) is 11.3 Å². The van der Waals surface area contributed by atoms with Crippen molar-refractivity contribution in [2.24, 2.45) is 5.92 Å². The molecule has 0 saturated carbocycles. The molecule has 1 aliphatic rings. The molecule has 1 unspecified atom stereocenters. The van der Waals surface area contributed by atoms with Gasteiger partial charge in [0.2, 0.25) is 5.91 Å². The van der Waals surface area contributed by atoms with Crippen molar-refractivity contribution >= 4 is 35.0 Å². The van der Waals surface area contributed by atoms with Gasteiger partial charge in [-0.05, 0) is 62.4 Å². The Balaban J connectivity index is 1.35. The van der Waals surface area contributed by atoms with Crippen LogP contribution >= 0.6 is 11.3 Å². The first-order valence-corrected chi connectivity index (χ1v) is 11.1. The molecule has 6 nitrogen and oxygen atoms in total. The summed E-state index contributed by atoms with van der Waals surface area (Å²) in [5.41, 5.74) is 1.88. The normalized spacial score (nSPS) is 16.7. The fourth-order valence-corrected chi connectivity index (χ4v) is 4.26. The Morgan fingerprint density at radius 1 is 1.23 bits per heavy atom. The highest BCUT2D eigenvalue weighted by Gasteiger charge is 2.23. The van der Waals surface area contributed by atoms with Crippen LogP contribution in [0.5, 0.6) is 0 Å². The van der Waals surface area contributed by atoms with E-state index >= 15 is 0 Å². The zero-order chi connectivity index (χ0) is 20.8. The number of nitrogens with one attached hydrogen (secondary N) is 1. The summed E-state index contributed by atoms with van der Waals surface area (Å²) in [6.45, 7) is 3.54. The van der Waals surface area contributed by atoms with Crippen molar-refractivity contribution in [1.29, 1.82) is 0 Å². The Bertz CT molecular complexity index is 1020. The molecule has 0 aliphatic carbocycles. The molecule has 1 aliphatic heterocycles. The lowest BCUT2D eigenvalue weighted by atomic mass is 9.93. The van der Waals surface area contributed by atoms with Gasteiger partial charge in [-0.25, -0.2) is 15.0 Å². The highest BCUT2D eigenvalue weighted by atomic mass is 32.1. The minimum atomic E-state index is 0.0591. The number of hydrogen-bond donors (Lipinski definition) is 1. The van der Waals surface area contributed by atoms with Crippen LogP contribution < -0.4 is 5.32 Å². The van der Waals surface area contributed by atoms with Crippen molar-refractivity contribution in [2.45, 2.75) is 26.2 Å². The standard InChI is InChI=1S/C23H25N5OS/c1-17-25-20(16-30-17)10-11-23(29)28-13-5-6-18(15-28)14-19-7-4-9-22(26-19)27-21-8-2-3-12-24-21/h2-4,7-12,16,18H,5-6,13-15H2,1H3,(H,24,26,27)/b11-10+. The summed E-state index contributed by atoms with van der Waals surface area (Å²) in [7, 11) is 0. The van der Waals surface area contributed by atoms with E-state index in [4.69, 9.17) is 4.98 Å². The maximum absolute atomic E-state index is 12.6. The molecule has 0 aromatic carbocycles. The van der Waals surface area contributed by atoms with Crippen LogP contribution in [0.2, 0.25) is 0 Å². The summed E-state index contributed by atoms with van der Waals surface area (Å²) in [5.74, 6) is 2.04. The van der Waals surface area contributed by atoms with Gasteiger partial charge in [-0.3, -0.25) is 4.79 Å². The van der Waals surface area contributed by atoms with E-state index in [2.05, 4.69) is 21.4 Å². The van der Waals surface area contributed by atoms with Crippen molar-refractivity contribution in [1.82, 2.24) is 19.9 Å². The second-order valence-electron chi connectivity index (χ2n) is 7.48. The Morgan fingerprint density at radius 2 is 2.13 bits per heavy atom. The predicted octanol–water partition coefficient (Wildman–Crippen LogP) is 4.48. The largest absolute Gasteiger partial charge is 0.339 e. The van der Waals surface area contributed by atoms with E-state index in [1.807, 2.05) is 53.6 Å². The number of aromatic nitrogens is 3. The van der Waals surface area contributed by atoms with Crippen LogP contribution in [0.3, 0.4) is 0 Å². The SMILES string of the molecule is Cc1nc(/C=C/C(=O)N2CCCC(Cc3cccc(Nc4ccccn4)n3)C2)cs1. The smallest absolute Gasteiger partial charge is 0.246 e. The van der Waals surface area contributed by atoms with Crippen LogP contribution in [0.1, 0.15) is 29.2 Å². The Morgan fingerprint density at radius 3 is 2.93 bits per heavy atom. The first-order chi connectivity index (χ1) is 14.7. The van der Waals surface area contributed by atoms with Crippen LogP contribution in [0.4, 0.5) is 11.6 Å². The number of rotatable bonds is 6. The number of amides is 1. The maximum atomic E-state index is 12.6. The zero-order valence-corrected chi connectivity index (χ0v) is 17.8. The van der Waals surface area contributed by atoms with Gasteiger partial charge >= 0.3 is 0 Å². The van der Waals surface area contributed by atoms with Crippen molar-refractivity contribution < 1.29 is 4.79 Å². The number of piperidine rings is 1. The van der Waals surface area contributed by atoms with Crippen molar-refractivity contribution in [3.8, 4) is 0 Å². The molecule has 1 saturated heterocycles. The third-order valence-electron chi connectivity index (χ3n) is 5.09. The van der Waals surface area contributed by atoms with E-state index in [9.17, 15) is 4.79 Å². The van der Waals surface area contributed by atoms with E-state index in [0.717, 1.165) is 60.4 Å². The summed E-state index contributed by atoms with van der Waals surface area (Å²) < 4.78 is 0. The quantitative estimate of drug-likeness (QED) is 0.597. The molecule has 0 spiro atoms. The number of anilines is 2. The van der Waals surface area contributed by atoms with Crippen LogP contribution in [0, 0.1) is 12.8 Å². The highest BCUT2D eigenvalue weighted by molar-refractivity contribution is 7.09. The summed E-state index contributed by atoms with van der Waals surface area (Å²) in [5, 5.41) is 6.22. The second kappa shape index (κ2) is 9.63. The first-order valence-electron chi connectivity index (χ1n) is 10.2. The van der Waals surface area contributed by atoms with Gasteiger partial charge in [-0.1, -0.05) is 12.1 Å². The third-order valence-corrected chi connectivity index (χ3v) is 5.88. The van der Waals surface area contributed by atoms with Gasteiger partial charge in [0.25, 0.3) is 0 Å². The number of aryl methyl sites for hydroxylation is 1. The number of pyridine rings is 2. The van der Waals surface area contributed by atoms with E-state index in [1.54, 1.807) is 23.6 Å². The van der Waals surface area contributed by atoms with Gasteiger partial charge < -0.3 is 10.2 Å². The Labute approximate surface area is 180 Å². The molecule has 0 bridgehead atoms. The first kappa shape index (κ1) is 20.2. The highest BCUT2D eigenvalue weighted by Crippen LogP contribution is 2.22. The molecule has 30 heavy (non-hydrogen) atoms. The van der Waals surface area contributed by atoms with Crippen LogP contribution in [-0.4, -0.2) is 38.8 Å². The number of nitrogens with zero attached hydrogens (tertiary/aromatic N) is 4. The van der Waals surface area contributed by atoms with E-state index < -0.39 is 0 Å². The van der Waals surface area contributed by atoms with Crippen molar-refractivity contribution in [3.05, 3.63) is 70.4 Å². The molecule has 4 heterocycles. The number of hydrogen-bond acceptors (Lipinski definition) is 6. The number of carbonyl (C=O) groups is 1. The van der Waals surface area contributed by atoms with Gasteiger partial charge in [-0.2, -0.15) is 0 Å². The summed E-state index contributed by atoms with van der Waals surface area (Å²) in [6, 6.07) is 11.8. The molecule has 0 radical (unpaired) electrons. The lowest BCUT2D eigenvalue weighted by molar-refractivity contribution is -0.127. The zero-order valence-electron chi connectivity index (χ0n) is 17.0. The second-order valence-corrected chi connectivity index (χ2v) is 8.54. The number of carbonyl (C=O) groups excluding carboxylic acids is 1. The van der Waals surface area contributed by atoms with E-state index in [-0.39, 0.29) is 5.91 Å². The molecular formula is C23H25N5OS. The van der Waals surface area contributed by atoms with Gasteiger partial charge in [0.15, 0.2) is 0 Å². The molecule has 154 valence electrons. The molecule has 4 rings (SSSR count). The molecule has 1 N–H and O–H groups in total. The van der Waals surface area contributed by atoms with Gasteiger partial charge in [0.05, 0.1) is 10.7 Å². The average molecular weight is 420 g/mol. The average Bonchev–Trinajstić information content (AvgIpc) is 3.18. The van der Waals surface area contributed by atoms with E-state index in [1.165, 1.54) is 0 Å². The third kappa shape index (κ3) is 5.51.